The van der Waals surface area contributed by atoms with Crippen LogP contribution in [0, 0.1) is 0 Å². The Labute approximate surface area is 154 Å². The maximum absolute atomic E-state index is 11.6. The molecule has 146 valence electrons. The maximum Gasteiger partial charge on any atom is 0.405 e. The molecule has 0 aliphatic carbocycles. The SMILES string of the molecule is CO[C@@H]1[C@H](O)[C@H](OC(N)=O)C(Oc2cccc3ccc(=O)oc23)OC1(C)C. The molecule has 0 bridgehead atoms. The van der Waals surface area contributed by atoms with E-state index in [2.05, 4.69) is 0 Å². The summed E-state index contributed by atoms with van der Waals surface area (Å²) in [5.74, 6) is 0.187. The van der Waals surface area contributed by atoms with Crippen molar-refractivity contribution in [3.63, 3.8) is 0 Å². The van der Waals surface area contributed by atoms with Crippen LogP contribution < -0.4 is 16.1 Å². The Morgan fingerprint density at radius 3 is 2.67 bits per heavy atom. The van der Waals surface area contributed by atoms with Gasteiger partial charge in [-0.3, -0.25) is 0 Å². The first kappa shape index (κ1) is 19.2. The molecule has 2 heterocycles. The van der Waals surface area contributed by atoms with E-state index in [4.69, 9.17) is 29.1 Å². The van der Waals surface area contributed by atoms with Crippen LogP contribution in [-0.2, 0) is 14.2 Å². The molecule has 1 unspecified atom stereocenters. The van der Waals surface area contributed by atoms with Gasteiger partial charge in [0.05, 0.1) is 5.60 Å². The fraction of sp³-hybridized carbons (Fsp3) is 0.444. The first-order valence-electron chi connectivity index (χ1n) is 8.27. The van der Waals surface area contributed by atoms with Crippen molar-refractivity contribution < 1.29 is 33.3 Å². The maximum atomic E-state index is 11.6. The minimum absolute atomic E-state index is 0.187. The molecule has 0 saturated carbocycles. The quantitative estimate of drug-likeness (QED) is 0.757. The Hall–Kier alpha value is -2.62. The van der Waals surface area contributed by atoms with Crippen LogP contribution in [0.4, 0.5) is 4.79 Å². The summed E-state index contributed by atoms with van der Waals surface area (Å²) in [4.78, 5) is 22.9. The molecule has 1 fully saturated rings. The van der Waals surface area contributed by atoms with Crippen LogP contribution in [0.15, 0.2) is 39.5 Å². The number of methoxy groups -OCH3 is 1. The molecule has 4 atom stereocenters. The highest BCUT2D eigenvalue weighted by Crippen LogP contribution is 2.35. The minimum Gasteiger partial charge on any atom is -0.457 e. The van der Waals surface area contributed by atoms with Crippen LogP contribution in [-0.4, -0.2) is 48.5 Å². The predicted molar refractivity (Wildman–Crippen MR) is 93.3 cm³/mol. The molecule has 1 saturated heterocycles. The second-order valence-electron chi connectivity index (χ2n) is 6.68. The van der Waals surface area contributed by atoms with Gasteiger partial charge in [0.25, 0.3) is 0 Å². The summed E-state index contributed by atoms with van der Waals surface area (Å²) >= 11 is 0. The number of hydrogen-bond acceptors (Lipinski definition) is 8. The number of aliphatic hydroxyl groups excluding tert-OH is 1. The molecule has 3 rings (SSSR count). The number of amides is 1. The summed E-state index contributed by atoms with van der Waals surface area (Å²) in [5, 5.41) is 11.3. The zero-order valence-electron chi connectivity index (χ0n) is 15.1. The largest absolute Gasteiger partial charge is 0.457 e. The standard InChI is InChI=1S/C18H21NO8/c1-18(2)15(23-3)12(21)14(26-17(19)22)16(27-18)24-10-6-4-5-9-7-8-11(20)25-13(9)10/h4-8,12,14-16,21H,1-3H3,(H2,19,22)/t12-,14+,15-,16?/m1/s1. The smallest absolute Gasteiger partial charge is 0.405 e. The van der Waals surface area contributed by atoms with E-state index in [-0.39, 0.29) is 11.3 Å². The molecule has 1 aliphatic heterocycles. The average molecular weight is 379 g/mol. The van der Waals surface area contributed by atoms with Gasteiger partial charge in [-0.25, -0.2) is 9.59 Å². The van der Waals surface area contributed by atoms with Crippen LogP contribution in [0.3, 0.4) is 0 Å². The van der Waals surface area contributed by atoms with Gasteiger partial charge in [0, 0.05) is 18.6 Å². The Morgan fingerprint density at radius 1 is 1.26 bits per heavy atom. The van der Waals surface area contributed by atoms with Crippen LogP contribution in [0.2, 0.25) is 0 Å². The lowest BCUT2D eigenvalue weighted by Crippen LogP contribution is -2.65. The number of nitrogens with two attached hydrogens (primary N) is 1. The topological polar surface area (TPSA) is 130 Å². The van der Waals surface area contributed by atoms with Gasteiger partial charge in [0.2, 0.25) is 6.29 Å². The van der Waals surface area contributed by atoms with Gasteiger partial charge < -0.3 is 34.2 Å². The summed E-state index contributed by atoms with van der Waals surface area (Å²) in [6, 6.07) is 7.89. The van der Waals surface area contributed by atoms with E-state index in [0.717, 1.165) is 0 Å². The van der Waals surface area contributed by atoms with Crippen LogP contribution >= 0.6 is 0 Å². The van der Waals surface area contributed by atoms with Crippen molar-refractivity contribution in [1.82, 2.24) is 0 Å². The predicted octanol–water partition coefficient (Wildman–Crippen LogP) is 1.15. The highest BCUT2D eigenvalue weighted by molar-refractivity contribution is 5.82. The fourth-order valence-electron chi connectivity index (χ4n) is 3.24. The third-order valence-electron chi connectivity index (χ3n) is 4.38. The molecule has 27 heavy (non-hydrogen) atoms. The number of ether oxygens (including phenoxy) is 4. The lowest BCUT2D eigenvalue weighted by atomic mass is 9.89. The van der Waals surface area contributed by atoms with Gasteiger partial charge in [-0.05, 0) is 26.0 Å². The van der Waals surface area contributed by atoms with E-state index in [1.54, 1.807) is 38.1 Å². The number of primary amides is 1. The number of hydrogen-bond donors (Lipinski definition) is 2. The van der Waals surface area contributed by atoms with Gasteiger partial charge in [-0.1, -0.05) is 12.1 Å². The molecular weight excluding hydrogens is 358 g/mol. The molecule has 1 amide bonds. The first-order valence-corrected chi connectivity index (χ1v) is 8.27. The number of fused-ring (bicyclic) bond motifs is 1. The number of para-hydroxylation sites is 1. The average Bonchev–Trinajstić information content (AvgIpc) is 2.58. The number of aliphatic hydroxyl groups is 1. The molecular formula is C18H21NO8. The molecule has 3 N–H and O–H groups in total. The van der Waals surface area contributed by atoms with Crippen LogP contribution in [0.1, 0.15) is 13.8 Å². The second kappa shape index (κ2) is 7.18. The van der Waals surface area contributed by atoms with Gasteiger partial charge >= 0.3 is 11.7 Å². The van der Waals surface area contributed by atoms with Crippen molar-refractivity contribution in [1.29, 1.82) is 0 Å². The third kappa shape index (κ3) is 3.75. The summed E-state index contributed by atoms with van der Waals surface area (Å²) < 4.78 is 27.2. The zero-order chi connectivity index (χ0) is 19.8. The van der Waals surface area contributed by atoms with E-state index in [9.17, 15) is 14.7 Å². The zero-order valence-corrected chi connectivity index (χ0v) is 15.1. The van der Waals surface area contributed by atoms with Crippen molar-refractivity contribution in [2.24, 2.45) is 5.73 Å². The Kier molecular flexibility index (Phi) is 5.09. The van der Waals surface area contributed by atoms with Gasteiger partial charge in [0.15, 0.2) is 17.4 Å². The van der Waals surface area contributed by atoms with Gasteiger partial charge in [0.1, 0.15) is 12.2 Å². The fourth-order valence-corrected chi connectivity index (χ4v) is 3.24. The monoisotopic (exact) mass is 379 g/mol. The number of carbonyl (C=O) groups is 1. The van der Waals surface area contributed by atoms with Crippen molar-refractivity contribution >= 4 is 17.1 Å². The van der Waals surface area contributed by atoms with Crippen LogP contribution in [0.5, 0.6) is 5.75 Å². The van der Waals surface area contributed by atoms with E-state index < -0.39 is 41.9 Å². The highest BCUT2D eigenvalue weighted by atomic mass is 16.7. The van der Waals surface area contributed by atoms with Gasteiger partial charge in [-0.15, -0.1) is 0 Å². The normalized spacial score (nSPS) is 27.3. The van der Waals surface area contributed by atoms with Crippen molar-refractivity contribution in [3.05, 3.63) is 40.8 Å². The molecule has 0 spiro atoms. The van der Waals surface area contributed by atoms with Gasteiger partial charge in [-0.2, -0.15) is 0 Å². The summed E-state index contributed by atoms with van der Waals surface area (Å²) in [5.41, 5.74) is 3.80. The highest BCUT2D eigenvalue weighted by Gasteiger charge is 2.53. The molecule has 2 aromatic rings. The molecule has 1 aliphatic rings. The summed E-state index contributed by atoms with van der Waals surface area (Å²) in [6.45, 7) is 3.40. The van der Waals surface area contributed by atoms with E-state index in [1.807, 2.05) is 0 Å². The lowest BCUT2D eigenvalue weighted by Gasteiger charge is -2.47. The summed E-state index contributed by atoms with van der Waals surface area (Å²) in [6.07, 6.45) is -5.64. The van der Waals surface area contributed by atoms with Crippen molar-refractivity contribution in [3.8, 4) is 5.75 Å². The van der Waals surface area contributed by atoms with Crippen LogP contribution in [0.25, 0.3) is 11.0 Å². The first-order chi connectivity index (χ1) is 12.7. The Balaban J connectivity index is 1.99. The molecule has 1 aromatic carbocycles. The Bertz CT molecular complexity index is 892. The molecule has 1 aromatic heterocycles. The third-order valence-corrected chi connectivity index (χ3v) is 4.38. The van der Waals surface area contributed by atoms with E-state index in [0.29, 0.717) is 5.39 Å². The molecule has 0 radical (unpaired) electrons. The van der Waals surface area contributed by atoms with E-state index in [1.165, 1.54) is 13.2 Å². The minimum atomic E-state index is -1.27. The lowest BCUT2D eigenvalue weighted by molar-refractivity contribution is -0.304. The second-order valence-corrected chi connectivity index (χ2v) is 6.68. The number of rotatable bonds is 4. The number of benzene rings is 1. The summed E-state index contributed by atoms with van der Waals surface area (Å²) in [7, 11) is 1.40. The van der Waals surface area contributed by atoms with Crippen molar-refractivity contribution in [2.75, 3.05) is 7.11 Å². The Morgan fingerprint density at radius 2 is 2.00 bits per heavy atom. The number of carbonyl (C=O) groups excluding carboxylic acids is 1. The molecule has 9 nitrogen and oxygen atoms in total. The van der Waals surface area contributed by atoms with E-state index >= 15 is 0 Å². The molecule has 9 heteroatoms. The van der Waals surface area contributed by atoms with Crippen molar-refractivity contribution in [2.45, 2.75) is 44.1 Å².